The fourth-order valence-electron chi connectivity index (χ4n) is 2.50. The third-order valence-electron chi connectivity index (χ3n) is 3.96. The van der Waals surface area contributed by atoms with E-state index in [1.807, 2.05) is 19.1 Å². The standard InChI is InChI=1S/C18H25N5O2/c1-4-15-14(16(5-2)25-23-15)11-22-18(20-3)21-10-12-6-8-13(9-7-12)17(19)24/h6-9H,4-5,10-11H2,1-3H3,(H2,19,24)(H2,20,21,22). The molecule has 4 N–H and O–H groups in total. The highest BCUT2D eigenvalue weighted by Gasteiger charge is 2.13. The second kappa shape index (κ2) is 8.86. The van der Waals surface area contributed by atoms with Gasteiger partial charge in [-0.25, -0.2) is 0 Å². The zero-order valence-electron chi connectivity index (χ0n) is 14.9. The molecule has 0 aliphatic rings. The van der Waals surface area contributed by atoms with E-state index in [1.54, 1.807) is 19.2 Å². The molecule has 0 saturated heterocycles. The number of amides is 1. The Bertz CT molecular complexity index is 713. The van der Waals surface area contributed by atoms with E-state index in [4.69, 9.17) is 10.3 Å². The van der Waals surface area contributed by atoms with Gasteiger partial charge in [-0.15, -0.1) is 0 Å². The molecule has 0 aliphatic carbocycles. The van der Waals surface area contributed by atoms with Crippen molar-refractivity contribution in [1.82, 2.24) is 15.8 Å². The van der Waals surface area contributed by atoms with Gasteiger partial charge in [-0.1, -0.05) is 31.1 Å². The number of hydrogen-bond acceptors (Lipinski definition) is 4. The topological polar surface area (TPSA) is 106 Å². The number of nitrogens with one attached hydrogen (secondary N) is 2. The molecule has 1 amide bonds. The second-order valence-corrected chi connectivity index (χ2v) is 5.58. The quantitative estimate of drug-likeness (QED) is 0.525. The monoisotopic (exact) mass is 343 g/mol. The van der Waals surface area contributed by atoms with Crippen molar-refractivity contribution < 1.29 is 9.32 Å². The summed E-state index contributed by atoms with van der Waals surface area (Å²) in [6.45, 7) is 5.30. The molecule has 0 radical (unpaired) electrons. The number of nitrogens with two attached hydrogens (primary N) is 1. The number of hydrogen-bond donors (Lipinski definition) is 3. The number of primary amides is 1. The third kappa shape index (κ3) is 4.82. The molecule has 1 aromatic carbocycles. The van der Waals surface area contributed by atoms with Crippen LogP contribution in [0.25, 0.3) is 0 Å². The number of aromatic nitrogens is 1. The average molecular weight is 343 g/mol. The normalized spacial score (nSPS) is 11.4. The summed E-state index contributed by atoms with van der Waals surface area (Å²) in [6.07, 6.45) is 1.64. The summed E-state index contributed by atoms with van der Waals surface area (Å²) in [5.41, 5.74) is 8.84. The molecular formula is C18H25N5O2. The zero-order valence-corrected chi connectivity index (χ0v) is 14.9. The van der Waals surface area contributed by atoms with Crippen LogP contribution in [0.2, 0.25) is 0 Å². The minimum absolute atomic E-state index is 0.427. The smallest absolute Gasteiger partial charge is 0.248 e. The fourth-order valence-corrected chi connectivity index (χ4v) is 2.50. The number of rotatable bonds is 7. The van der Waals surface area contributed by atoms with Gasteiger partial charge in [-0.05, 0) is 24.1 Å². The largest absolute Gasteiger partial charge is 0.366 e. The van der Waals surface area contributed by atoms with Gasteiger partial charge in [-0.3, -0.25) is 9.79 Å². The Labute approximate surface area is 147 Å². The maximum absolute atomic E-state index is 11.1. The van der Waals surface area contributed by atoms with E-state index in [-0.39, 0.29) is 0 Å². The van der Waals surface area contributed by atoms with Crippen LogP contribution in [0.5, 0.6) is 0 Å². The lowest BCUT2D eigenvalue weighted by Gasteiger charge is -2.12. The molecule has 0 saturated carbocycles. The Morgan fingerprint density at radius 2 is 1.84 bits per heavy atom. The summed E-state index contributed by atoms with van der Waals surface area (Å²) in [6, 6.07) is 7.16. The van der Waals surface area contributed by atoms with Crippen molar-refractivity contribution in [3.8, 4) is 0 Å². The highest BCUT2D eigenvalue weighted by molar-refractivity contribution is 5.92. The molecule has 134 valence electrons. The van der Waals surface area contributed by atoms with Crippen LogP contribution in [0.3, 0.4) is 0 Å². The van der Waals surface area contributed by atoms with Crippen LogP contribution in [0.1, 0.15) is 46.8 Å². The minimum atomic E-state index is -0.427. The van der Waals surface area contributed by atoms with Gasteiger partial charge >= 0.3 is 0 Å². The van der Waals surface area contributed by atoms with Gasteiger partial charge in [0.05, 0.1) is 5.69 Å². The second-order valence-electron chi connectivity index (χ2n) is 5.58. The number of aryl methyl sites for hydroxylation is 2. The SMILES string of the molecule is CCc1noc(CC)c1CNC(=NC)NCc1ccc(C(N)=O)cc1. The van der Waals surface area contributed by atoms with Crippen LogP contribution in [-0.4, -0.2) is 24.1 Å². The van der Waals surface area contributed by atoms with E-state index in [0.717, 1.165) is 35.4 Å². The van der Waals surface area contributed by atoms with Crippen LogP contribution in [0.4, 0.5) is 0 Å². The maximum atomic E-state index is 11.1. The molecule has 7 nitrogen and oxygen atoms in total. The van der Waals surface area contributed by atoms with Gasteiger partial charge in [0.15, 0.2) is 5.96 Å². The number of carbonyl (C=O) groups is 1. The highest BCUT2D eigenvalue weighted by atomic mass is 16.5. The molecule has 1 heterocycles. The summed E-state index contributed by atoms with van der Waals surface area (Å²) in [5, 5.41) is 10.6. The summed E-state index contributed by atoms with van der Waals surface area (Å²) >= 11 is 0. The molecule has 0 fully saturated rings. The minimum Gasteiger partial charge on any atom is -0.366 e. The van der Waals surface area contributed by atoms with Crippen molar-refractivity contribution in [3.63, 3.8) is 0 Å². The molecule has 0 spiro atoms. The number of nitrogens with zero attached hydrogens (tertiary/aromatic N) is 2. The van der Waals surface area contributed by atoms with Gasteiger partial charge in [0.1, 0.15) is 5.76 Å². The summed E-state index contributed by atoms with van der Waals surface area (Å²) in [5.74, 6) is 1.16. The van der Waals surface area contributed by atoms with Gasteiger partial charge < -0.3 is 20.9 Å². The Hall–Kier alpha value is -2.83. The van der Waals surface area contributed by atoms with Gasteiger partial charge in [-0.2, -0.15) is 0 Å². The van der Waals surface area contributed by atoms with Crippen molar-refractivity contribution in [1.29, 1.82) is 0 Å². The zero-order chi connectivity index (χ0) is 18.2. The molecule has 0 unspecified atom stereocenters. The Balaban J connectivity index is 1.93. The molecule has 2 rings (SSSR count). The van der Waals surface area contributed by atoms with Crippen molar-refractivity contribution in [2.24, 2.45) is 10.7 Å². The maximum Gasteiger partial charge on any atom is 0.248 e. The van der Waals surface area contributed by atoms with Crippen LogP contribution in [0.15, 0.2) is 33.8 Å². The number of benzene rings is 1. The number of guanidine groups is 1. The van der Waals surface area contributed by atoms with E-state index < -0.39 is 5.91 Å². The van der Waals surface area contributed by atoms with Crippen LogP contribution in [-0.2, 0) is 25.9 Å². The Morgan fingerprint density at radius 1 is 1.16 bits per heavy atom. The summed E-state index contributed by atoms with van der Waals surface area (Å²) in [7, 11) is 1.72. The van der Waals surface area contributed by atoms with Gasteiger partial charge in [0.25, 0.3) is 0 Å². The first-order valence-electron chi connectivity index (χ1n) is 8.38. The summed E-state index contributed by atoms with van der Waals surface area (Å²) < 4.78 is 5.37. The van der Waals surface area contributed by atoms with Crippen molar-refractivity contribution in [2.75, 3.05) is 7.05 Å². The third-order valence-corrected chi connectivity index (χ3v) is 3.96. The summed E-state index contributed by atoms with van der Waals surface area (Å²) in [4.78, 5) is 15.3. The highest BCUT2D eigenvalue weighted by Crippen LogP contribution is 2.15. The van der Waals surface area contributed by atoms with E-state index in [9.17, 15) is 4.79 Å². The lowest BCUT2D eigenvalue weighted by molar-refractivity contribution is 0.100. The lowest BCUT2D eigenvalue weighted by Crippen LogP contribution is -2.36. The number of carbonyl (C=O) groups excluding carboxylic acids is 1. The first-order chi connectivity index (χ1) is 12.1. The molecule has 1 aromatic heterocycles. The Kier molecular flexibility index (Phi) is 6.56. The Morgan fingerprint density at radius 3 is 2.40 bits per heavy atom. The van der Waals surface area contributed by atoms with E-state index in [0.29, 0.717) is 24.6 Å². The van der Waals surface area contributed by atoms with E-state index in [1.165, 1.54) is 0 Å². The van der Waals surface area contributed by atoms with Crippen LogP contribution >= 0.6 is 0 Å². The first-order valence-corrected chi connectivity index (χ1v) is 8.38. The molecular weight excluding hydrogens is 318 g/mol. The molecule has 0 atom stereocenters. The van der Waals surface area contributed by atoms with E-state index >= 15 is 0 Å². The molecule has 25 heavy (non-hydrogen) atoms. The van der Waals surface area contributed by atoms with Crippen molar-refractivity contribution >= 4 is 11.9 Å². The first kappa shape index (κ1) is 18.5. The van der Waals surface area contributed by atoms with Crippen molar-refractivity contribution in [2.45, 2.75) is 39.8 Å². The predicted molar refractivity (Wildman–Crippen MR) is 97.3 cm³/mol. The lowest BCUT2D eigenvalue weighted by atomic mass is 10.1. The number of aliphatic imine (C=N–C) groups is 1. The fraction of sp³-hybridized carbons (Fsp3) is 0.389. The van der Waals surface area contributed by atoms with Crippen LogP contribution < -0.4 is 16.4 Å². The average Bonchev–Trinajstić information content (AvgIpc) is 3.04. The predicted octanol–water partition coefficient (Wildman–Crippen LogP) is 1.76. The molecule has 2 aromatic rings. The van der Waals surface area contributed by atoms with Crippen molar-refractivity contribution in [3.05, 3.63) is 52.4 Å². The van der Waals surface area contributed by atoms with Gasteiger partial charge in [0, 0.05) is 37.7 Å². The van der Waals surface area contributed by atoms with E-state index in [2.05, 4.69) is 27.7 Å². The van der Waals surface area contributed by atoms with Gasteiger partial charge in [0.2, 0.25) is 5.91 Å². The molecule has 7 heteroatoms. The van der Waals surface area contributed by atoms with Crippen LogP contribution in [0, 0.1) is 0 Å². The molecule has 0 aliphatic heterocycles. The molecule has 0 bridgehead atoms.